The maximum atomic E-state index is 12.3. The lowest BCUT2D eigenvalue weighted by Gasteiger charge is -2.04. The number of carbonyl (C=O) groups excluding carboxylic acids is 1. The van der Waals surface area contributed by atoms with Crippen molar-refractivity contribution in [1.29, 1.82) is 0 Å². The monoisotopic (exact) mass is 415 g/mol. The minimum absolute atomic E-state index is 0.0911. The molecular formula is C20H21N3O5S. The van der Waals surface area contributed by atoms with Crippen molar-refractivity contribution in [3.8, 4) is 17.2 Å². The number of anilines is 1. The van der Waals surface area contributed by atoms with Crippen LogP contribution in [0.4, 0.5) is 6.01 Å². The van der Waals surface area contributed by atoms with Crippen molar-refractivity contribution < 1.29 is 22.4 Å². The van der Waals surface area contributed by atoms with Crippen molar-refractivity contribution in [3.63, 3.8) is 0 Å². The number of hydrogen-bond acceptors (Lipinski definition) is 7. The summed E-state index contributed by atoms with van der Waals surface area (Å²) in [4.78, 5) is 12.3. The van der Waals surface area contributed by atoms with Crippen LogP contribution >= 0.6 is 0 Å². The van der Waals surface area contributed by atoms with Crippen LogP contribution in [-0.4, -0.2) is 36.9 Å². The highest BCUT2D eigenvalue weighted by atomic mass is 32.2. The van der Waals surface area contributed by atoms with Crippen LogP contribution in [0.1, 0.15) is 18.9 Å². The van der Waals surface area contributed by atoms with Crippen molar-refractivity contribution in [2.45, 2.75) is 25.2 Å². The van der Waals surface area contributed by atoms with Crippen LogP contribution in [0.2, 0.25) is 0 Å². The van der Waals surface area contributed by atoms with Gasteiger partial charge in [-0.25, -0.2) is 8.42 Å². The minimum Gasteiger partial charge on any atom is -0.494 e. The maximum absolute atomic E-state index is 12.3. The molecule has 0 aliphatic rings. The maximum Gasteiger partial charge on any atom is 0.322 e. The lowest BCUT2D eigenvalue weighted by molar-refractivity contribution is -0.115. The van der Waals surface area contributed by atoms with Gasteiger partial charge < -0.3 is 9.15 Å². The molecule has 0 spiro atoms. The van der Waals surface area contributed by atoms with Gasteiger partial charge in [-0.1, -0.05) is 22.8 Å². The number of aryl methyl sites for hydroxylation is 1. The molecule has 3 rings (SSSR count). The molecule has 0 bridgehead atoms. The molecule has 2 aromatic carbocycles. The Morgan fingerprint density at radius 2 is 1.76 bits per heavy atom. The van der Waals surface area contributed by atoms with Crippen LogP contribution in [0.5, 0.6) is 5.75 Å². The zero-order valence-corrected chi connectivity index (χ0v) is 16.9. The second-order valence-corrected chi connectivity index (χ2v) is 8.41. The van der Waals surface area contributed by atoms with Gasteiger partial charge in [0, 0.05) is 12.0 Å². The summed E-state index contributed by atoms with van der Waals surface area (Å²) in [6.45, 7) is 4.33. The number of sulfone groups is 1. The van der Waals surface area contributed by atoms with E-state index in [1.165, 1.54) is 12.1 Å². The Labute approximate surface area is 168 Å². The van der Waals surface area contributed by atoms with Gasteiger partial charge >= 0.3 is 6.01 Å². The van der Waals surface area contributed by atoms with Crippen LogP contribution in [0.15, 0.2) is 57.8 Å². The zero-order chi connectivity index (χ0) is 20.9. The number of amides is 1. The SMILES string of the molecule is CCOc1ccc(-c2nnc(NC(=O)CCS(=O)(=O)c3ccc(C)cc3)o2)cc1. The second-order valence-electron chi connectivity index (χ2n) is 6.30. The number of rotatable bonds is 8. The Morgan fingerprint density at radius 1 is 1.07 bits per heavy atom. The van der Waals surface area contributed by atoms with Gasteiger partial charge in [-0.2, -0.15) is 0 Å². The third-order valence-electron chi connectivity index (χ3n) is 4.06. The third kappa shape index (κ3) is 5.41. The van der Waals surface area contributed by atoms with E-state index in [-0.39, 0.29) is 29.0 Å². The van der Waals surface area contributed by atoms with E-state index >= 15 is 0 Å². The number of nitrogens with one attached hydrogen (secondary N) is 1. The second kappa shape index (κ2) is 8.87. The van der Waals surface area contributed by atoms with Crippen LogP contribution in [0, 0.1) is 6.92 Å². The Balaban J connectivity index is 1.58. The normalized spacial score (nSPS) is 11.2. The number of hydrogen-bond donors (Lipinski definition) is 1. The summed E-state index contributed by atoms with van der Waals surface area (Å²) >= 11 is 0. The van der Waals surface area contributed by atoms with E-state index in [1.807, 2.05) is 13.8 Å². The van der Waals surface area contributed by atoms with Crippen LogP contribution in [0.3, 0.4) is 0 Å². The third-order valence-corrected chi connectivity index (χ3v) is 5.79. The average molecular weight is 415 g/mol. The first-order chi connectivity index (χ1) is 13.9. The fraction of sp³-hybridized carbons (Fsp3) is 0.250. The predicted molar refractivity (Wildman–Crippen MR) is 107 cm³/mol. The van der Waals surface area contributed by atoms with E-state index in [9.17, 15) is 13.2 Å². The van der Waals surface area contributed by atoms with Crippen LogP contribution < -0.4 is 10.1 Å². The molecule has 0 aliphatic heterocycles. The summed E-state index contributed by atoms with van der Waals surface area (Å²) in [7, 11) is -3.55. The minimum atomic E-state index is -3.55. The summed E-state index contributed by atoms with van der Waals surface area (Å²) in [6, 6.07) is 13.5. The Hall–Kier alpha value is -3.20. The fourth-order valence-corrected chi connectivity index (χ4v) is 3.76. The highest BCUT2D eigenvalue weighted by Crippen LogP contribution is 2.23. The molecule has 9 heteroatoms. The van der Waals surface area contributed by atoms with E-state index < -0.39 is 15.7 Å². The first-order valence-corrected chi connectivity index (χ1v) is 10.7. The van der Waals surface area contributed by atoms with Gasteiger partial charge in [-0.3, -0.25) is 10.1 Å². The molecule has 0 fully saturated rings. The summed E-state index contributed by atoms with van der Waals surface area (Å²) in [5.74, 6) is 0.110. The standard InChI is InChI=1S/C20H21N3O5S/c1-3-27-16-8-6-15(7-9-16)19-22-23-20(28-19)21-18(24)12-13-29(25,26)17-10-4-14(2)5-11-17/h4-11H,3,12-13H2,1-2H3,(H,21,23,24). The fourth-order valence-electron chi connectivity index (χ4n) is 2.52. The molecule has 1 aromatic heterocycles. The molecule has 1 amide bonds. The van der Waals surface area contributed by atoms with Gasteiger partial charge in [0.05, 0.1) is 17.3 Å². The number of ether oxygens (including phenoxy) is 1. The molecule has 1 heterocycles. The van der Waals surface area contributed by atoms with Crippen LogP contribution in [-0.2, 0) is 14.6 Å². The molecule has 0 atom stereocenters. The lowest BCUT2D eigenvalue weighted by Crippen LogP contribution is -2.17. The molecule has 0 radical (unpaired) electrons. The van der Waals surface area contributed by atoms with Crippen molar-refractivity contribution in [2.24, 2.45) is 0 Å². The molecule has 8 nitrogen and oxygen atoms in total. The van der Waals surface area contributed by atoms with Gasteiger partial charge in [-0.15, -0.1) is 5.10 Å². The Kier molecular flexibility index (Phi) is 6.28. The molecule has 0 aliphatic carbocycles. The van der Waals surface area contributed by atoms with Gasteiger partial charge in [0.25, 0.3) is 0 Å². The summed E-state index contributed by atoms with van der Waals surface area (Å²) in [5.41, 5.74) is 1.63. The van der Waals surface area contributed by atoms with E-state index in [4.69, 9.17) is 9.15 Å². The molecular weight excluding hydrogens is 394 g/mol. The van der Waals surface area contributed by atoms with Gasteiger partial charge in [-0.05, 0) is 50.2 Å². The molecule has 29 heavy (non-hydrogen) atoms. The van der Waals surface area contributed by atoms with E-state index in [2.05, 4.69) is 15.5 Å². The van der Waals surface area contributed by atoms with Crippen molar-refractivity contribution in [3.05, 3.63) is 54.1 Å². The highest BCUT2D eigenvalue weighted by molar-refractivity contribution is 7.91. The summed E-state index contributed by atoms with van der Waals surface area (Å²) in [5, 5.41) is 10.1. The van der Waals surface area contributed by atoms with E-state index in [0.29, 0.717) is 12.2 Å². The van der Waals surface area contributed by atoms with Crippen LogP contribution in [0.25, 0.3) is 11.5 Å². The first kappa shape index (κ1) is 20.5. The summed E-state index contributed by atoms with van der Waals surface area (Å²) in [6.07, 6.45) is -0.225. The quantitative estimate of drug-likeness (QED) is 0.601. The molecule has 152 valence electrons. The molecule has 3 aromatic rings. The van der Waals surface area contributed by atoms with E-state index in [1.54, 1.807) is 36.4 Å². The van der Waals surface area contributed by atoms with E-state index in [0.717, 1.165) is 11.3 Å². The lowest BCUT2D eigenvalue weighted by atomic mass is 10.2. The zero-order valence-electron chi connectivity index (χ0n) is 16.1. The van der Waals surface area contributed by atoms with Gasteiger partial charge in [0.2, 0.25) is 11.8 Å². The topological polar surface area (TPSA) is 111 Å². The van der Waals surface area contributed by atoms with Crippen molar-refractivity contribution in [2.75, 3.05) is 17.7 Å². The number of nitrogens with zero attached hydrogens (tertiary/aromatic N) is 2. The highest BCUT2D eigenvalue weighted by Gasteiger charge is 2.18. The number of carbonyl (C=O) groups is 1. The smallest absolute Gasteiger partial charge is 0.322 e. The predicted octanol–water partition coefficient (Wildman–Crippen LogP) is 3.25. The summed E-state index contributed by atoms with van der Waals surface area (Å²) < 4.78 is 35.4. The Morgan fingerprint density at radius 3 is 2.41 bits per heavy atom. The van der Waals surface area contributed by atoms with Crippen molar-refractivity contribution in [1.82, 2.24) is 10.2 Å². The molecule has 0 saturated carbocycles. The van der Waals surface area contributed by atoms with Gasteiger partial charge in [0.1, 0.15) is 5.75 Å². The average Bonchev–Trinajstić information content (AvgIpc) is 3.16. The molecule has 0 saturated heterocycles. The van der Waals surface area contributed by atoms with Gasteiger partial charge in [0.15, 0.2) is 9.84 Å². The number of benzene rings is 2. The molecule has 0 unspecified atom stereocenters. The largest absolute Gasteiger partial charge is 0.494 e. The first-order valence-electron chi connectivity index (χ1n) is 9.03. The molecule has 1 N–H and O–H groups in total. The number of aromatic nitrogens is 2. The Bertz CT molecular complexity index is 1070. The van der Waals surface area contributed by atoms with Crippen molar-refractivity contribution >= 4 is 21.8 Å².